The second kappa shape index (κ2) is 7.71. The van der Waals surface area contributed by atoms with E-state index in [0.29, 0.717) is 12.0 Å². The molecule has 0 aromatic carbocycles. The molecule has 0 aliphatic carbocycles. The molecule has 1 nitrogen and oxygen atoms in total. The van der Waals surface area contributed by atoms with E-state index in [2.05, 4.69) is 43.6 Å². The Balaban J connectivity index is 1.63. The number of fused-ring (bicyclic) bond motifs is 1. The molecule has 1 unspecified atom stereocenters. The molecule has 0 N–H and O–H groups in total. The van der Waals surface area contributed by atoms with Crippen molar-refractivity contribution >= 4 is 0 Å². The van der Waals surface area contributed by atoms with Crippen LogP contribution in [0, 0.1) is 5.92 Å². The van der Waals surface area contributed by atoms with Crippen LogP contribution in [-0.4, -0.2) is 17.5 Å². The van der Waals surface area contributed by atoms with Crippen LogP contribution in [-0.2, 0) is 0 Å². The fourth-order valence-corrected chi connectivity index (χ4v) is 3.48. The van der Waals surface area contributed by atoms with Gasteiger partial charge in [-0.2, -0.15) is 0 Å². The maximum Gasteiger partial charge on any atom is 0.0473 e. The number of allylic oxidation sites excluding steroid dienone is 4. The molecule has 112 valence electrons. The fourth-order valence-electron chi connectivity index (χ4n) is 3.48. The minimum atomic E-state index is 0.684. The molecule has 1 fully saturated rings. The summed E-state index contributed by atoms with van der Waals surface area (Å²) in [5.41, 5.74) is 3.12. The third-order valence-corrected chi connectivity index (χ3v) is 4.89. The maximum absolute atomic E-state index is 3.86. The molecule has 2 aliphatic rings. The van der Waals surface area contributed by atoms with Gasteiger partial charge in [0, 0.05) is 18.3 Å². The van der Waals surface area contributed by atoms with Gasteiger partial charge in [-0.15, -0.1) is 6.58 Å². The summed E-state index contributed by atoms with van der Waals surface area (Å²) in [5.74, 6) is 0.691. The lowest BCUT2D eigenvalue weighted by Crippen LogP contribution is -2.32. The summed E-state index contributed by atoms with van der Waals surface area (Å²) in [4.78, 5) is 2.66. The van der Waals surface area contributed by atoms with Crippen molar-refractivity contribution < 1.29 is 0 Å². The highest BCUT2D eigenvalue weighted by atomic mass is 15.2. The van der Waals surface area contributed by atoms with E-state index >= 15 is 0 Å². The van der Waals surface area contributed by atoms with Gasteiger partial charge in [0.1, 0.15) is 0 Å². The Labute approximate surface area is 125 Å². The van der Waals surface area contributed by atoms with Gasteiger partial charge in [-0.05, 0) is 44.1 Å². The third kappa shape index (κ3) is 4.01. The van der Waals surface area contributed by atoms with Gasteiger partial charge in [0.15, 0.2) is 0 Å². The van der Waals surface area contributed by atoms with Crippen LogP contribution in [0.5, 0.6) is 0 Å². The fraction of sp³-hybridized carbons (Fsp3) is 0.684. The minimum Gasteiger partial charge on any atom is -0.368 e. The summed E-state index contributed by atoms with van der Waals surface area (Å²) in [5, 5.41) is 0. The van der Waals surface area contributed by atoms with Crippen molar-refractivity contribution in [2.45, 2.75) is 71.3 Å². The summed E-state index contributed by atoms with van der Waals surface area (Å²) < 4.78 is 0. The first-order valence-electron chi connectivity index (χ1n) is 8.49. The van der Waals surface area contributed by atoms with Crippen LogP contribution in [0.1, 0.15) is 65.2 Å². The molecule has 20 heavy (non-hydrogen) atoms. The van der Waals surface area contributed by atoms with Crippen molar-refractivity contribution in [3.8, 4) is 0 Å². The highest BCUT2D eigenvalue weighted by Gasteiger charge is 2.26. The first kappa shape index (κ1) is 15.4. The summed E-state index contributed by atoms with van der Waals surface area (Å²) in [6.07, 6.45) is 17.7. The molecule has 1 saturated heterocycles. The molecule has 0 radical (unpaired) electrons. The minimum absolute atomic E-state index is 0.684. The van der Waals surface area contributed by atoms with E-state index in [1.807, 2.05) is 0 Å². The van der Waals surface area contributed by atoms with Gasteiger partial charge in [0.05, 0.1) is 0 Å². The zero-order chi connectivity index (χ0) is 14.4. The Kier molecular flexibility index (Phi) is 5.94. The Morgan fingerprint density at radius 2 is 2.15 bits per heavy atom. The Hall–Kier alpha value is -0.980. The van der Waals surface area contributed by atoms with Crippen molar-refractivity contribution in [1.82, 2.24) is 4.90 Å². The van der Waals surface area contributed by atoms with E-state index in [4.69, 9.17) is 0 Å². The van der Waals surface area contributed by atoms with Gasteiger partial charge in [0.25, 0.3) is 0 Å². The number of nitrogens with zero attached hydrogens (tertiary/aromatic N) is 1. The summed E-state index contributed by atoms with van der Waals surface area (Å²) >= 11 is 0. The van der Waals surface area contributed by atoms with Crippen LogP contribution in [0.2, 0.25) is 0 Å². The van der Waals surface area contributed by atoms with Crippen molar-refractivity contribution in [3.05, 3.63) is 36.1 Å². The monoisotopic (exact) mass is 273 g/mol. The Bertz CT molecular complexity index is 377. The van der Waals surface area contributed by atoms with Crippen molar-refractivity contribution in [3.63, 3.8) is 0 Å². The second-order valence-electron chi connectivity index (χ2n) is 6.56. The van der Waals surface area contributed by atoms with Crippen molar-refractivity contribution in [2.75, 3.05) is 6.54 Å². The SMILES string of the molecule is C=C[C@@H](C)CCCCCCC1C=CC(C)=C2CCCN21. The highest BCUT2D eigenvalue weighted by molar-refractivity contribution is 5.31. The normalized spacial score (nSPS) is 23.1. The topological polar surface area (TPSA) is 3.24 Å². The lowest BCUT2D eigenvalue weighted by Gasteiger charge is -2.32. The molecule has 0 amide bonds. The van der Waals surface area contributed by atoms with Gasteiger partial charge in [-0.3, -0.25) is 0 Å². The van der Waals surface area contributed by atoms with E-state index in [9.17, 15) is 0 Å². The van der Waals surface area contributed by atoms with E-state index in [1.54, 1.807) is 5.70 Å². The number of unbranched alkanes of at least 4 members (excludes halogenated alkanes) is 3. The average Bonchev–Trinajstić information content (AvgIpc) is 2.95. The van der Waals surface area contributed by atoms with Crippen LogP contribution in [0.25, 0.3) is 0 Å². The lowest BCUT2D eigenvalue weighted by molar-refractivity contribution is 0.303. The van der Waals surface area contributed by atoms with Gasteiger partial charge in [-0.25, -0.2) is 0 Å². The van der Waals surface area contributed by atoms with E-state index in [-0.39, 0.29) is 0 Å². The molecule has 0 aromatic rings. The van der Waals surface area contributed by atoms with Crippen LogP contribution >= 0.6 is 0 Å². The van der Waals surface area contributed by atoms with Crippen LogP contribution < -0.4 is 0 Å². The molecular formula is C19H31N. The molecule has 2 rings (SSSR count). The van der Waals surface area contributed by atoms with Gasteiger partial charge >= 0.3 is 0 Å². The molecule has 2 aliphatic heterocycles. The lowest BCUT2D eigenvalue weighted by atomic mass is 9.98. The van der Waals surface area contributed by atoms with E-state index in [1.165, 1.54) is 63.5 Å². The van der Waals surface area contributed by atoms with E-state index < -0.39 is 0 Å². The second-order valence-corrected chi connectivity index (χ2v) is 6.56. The average molecular weight is 273 g/mol. The summed E-state index contributed by atoms with van der Waals surface area (Å²) in [7, 11) is 0. The molecule has 0 bridgehead atoms. The predicted octanol–water partition coefficient (Wildman–Crippen LogP) is 5.46. The first-order valence-corrected chi connectivity index (χ1v) is 8.49. The smallest absolute Gasteiger partial charge is 0.0473 e. The Morgan fingerprint density at radius 3 is 2.95 bits per heavy atom. The molecule has 0 spiro atoms. The maximum atomic E-state index is 3.86. The predicted molar refractivity (Wildman–Crippen MR) is 88.6 cm³/mol. The Morgan fingerprint density at radius 1 is 1.35 bits per heavy atom. The van der Waals surface area contributed by atoms with Gasteiger partial charge in [0.2, 0.25) is 0 Å². The third-order valence-electron chi connectivity index (χ3n) is 4.89. The summed E-state index contributed by atoms with van der Waals surface area (Å²) in [6, 6.07) is 0.684. The molecular weight excluding hydrogens is 242 g/mol. The van der Waals surface area contributed by atoms with E-state index in [0.717, 1.165) is 0 Å². The zero-order valence-electron chi connectivity index (χ0n) is 13.4. The molecule has 2 atom stereocenters. The van der Waals surface area contributed by atoms with Crippen molar-refractivity contribution in [2.24, 2.45) is 5.92 Å². The molecule has 0 saturated carbocycles. The highest BCUT2D eigenvalue weighted by Crippen LogP contribution is 2.32. The largest absolute Gasteiger partial charge is 0.368 e. The zero-order valence-corrected chi connectivity index (χ0v) is 13.4. The van der Waals surface area contributed by atoms with Gasteiger partial charge in [-0.1, -0.05) is 50.8 Å². The standard InChI is InChI=1S/C19H31N/c1-4-16(2)10-7-5-6-8-11-18-14-13-17(3)19-12-9-15-20(18)19/h4,13-14,16,18H,1,5-12,15H2,2-3H3/t16-,18?/m1/s1. The molecule has 0 aromatic heterocycles. The van der Waals surface area contributed by atoms with Crippen LogP contribution in [0.15, 0.2) is 36.1 Å². The molecule has 1 heteroatoms. The molecule has 2 heterocycles. The first-order chi connectivity index (χ1) is 9.72. The quantitative estimate of drug-likeness (QED) is 0.419. The van der Waals surface area contributed by atoms with Crippen LogP contribution in [0.4, 0.5) is 0 Å². The van der Waals surface area contributed by atoms with Gasteiger partial charge < -0.3 is 4.90 Å². The number of rotatable bonds is 8. The number of hydrogen-bond donors (Lipinski definition) is 0. The summed E-state index contributed by atoms with van der Waals surface area (Å²) in [6.45, 7) is 9.66. The van der Waals surface area contributed by atoms with Crippen molar-refractivity contribution in [1.29, 1.82) is 0 Å². The number of hydrogen-bond acceptors (Lipinski definition) is 1. The van der Waals surface area contributed by atoms with Crippen LogP contribution in [0.3, 0.4) is 0 Å².